The van der Waals surface area contributed by atoms with Crippen LogP contribution in [0, 0.1) is 5.41 Å². The van der Waals surface area contributed by atoms with Gasteiger partial charge in [0.25, 0.3) is 0 Å². The fourth-order valence-corrected chi connectivity index (χ4v) is 4.43. The molecule has 2 aliphatic heterocycles. The van der Waals surface area contributed by atoms with Gasteiger partial charge >= 0.3 is 0 Å². The molecule has 1 amide bonds. The first kappa shape index (κ1) is 19.3. The van der Waals surface area contributed by atoms with Crippen LogP contribution in [0.5, 0.6) is 0 Å². The van der Waals surface area contributed by atoms with E-state index in [2.05, 4.69) is 29.3 Å². The van der Waals surface area contributed by atoms with Gasteiger partial charge < -0.3 is 15.0 Å². The van der Waals surface area contributed by atoms with Crippen LogP contribution >= 0.6 is 0 Å². The van der Waals surface area contributed by atoms with Gasteiger partial charge in [0.2, 0.25) is 5.91 Å². The van der Waals surface area contributed by atoms with Crippen LogP contribution in [0.3, 0.4) is 0 Å². The zero-order chi connectivity index (χ0) is 18.6. The van der Waals surface area contributed by atoms with Crippen LogP contribution in [0.15, 0.2) is 12.4 Å². The van der Waals surface area contributed by atoms with Crippen molar-refractivity contribution < 1.29 is 9.53 Å². The zero-order valence-corrected chi connectivity index (χ0v) is 16.4. The van der Waals surface area contributed by atoms with Gasteiger partial charge in [0.15, 0.2) is 0 Å². The summed E-state index contributed by atoms with van der Waals surface area (Å²) in [6.45, 7) is 7.84. The first-order valence-corrected chi connectivity index (χ1v) is 9.77. The second-order valence-electron chi connectivity index (χ2n) is 7.84. The van der Waals surface area contributed by atoms with Crippen molar-refractivity contribution in [1.82, 2.24) is 24.9 Å². The molecule has 3 rings (SSSR count). The first-order valence-electron chi connectivity index (χ1n) is 9.77. The van der Waals surface area contributed by atoms with E-state index in [1.165, 1.54) is 12.8 Å². The Bertz CT molecular complexity index is 597. The third kappa shape index (κ3) is 4.27. The highest BCUT2D eigenvalue weighted by Crippen LogP contribution is 2.41. The molecule has 0 radical (unpaired) electrons. The fourth-order valence-electron chi connectivity index (χ4n) is 4.43. The summed E-state index contributed by atoms with van der Waals surface area (Å²) < 4.78 is 7.15. The number of hydrogen-bond donors (Lipinski definition) is 1. The smallest absolute Gasteiger partial charge is 0.240 e. The molecule has 146 valence electrons. The van der Waals surface area contributed by atoms with E-state index in [1.54, 1.807) is 7.11 Å². The minimum absolute atomic E-state index is 0.0221. The zero-order valence-electron chi connectivity index (χ0n) is 16.4. The van der Waals surface area contributed by atoms with Crippen molar-refractivity contribution >= 4 is 5.91 Å². The molecule has 3 heterocycles. The molecular weight excluding hydrogens is 330 g/mol. The van der Waals surface area contributed by atoms with Crippen LogP contribution in [-0.2, 0) is 22.6 Å². The Morgan fingerprint density at radius 1 is 1.46 bits per heavy atom. The number of hydrogen-bond acceptors (Lipinski definition) is 5. The predicted octanol–water partition coefficient (Wildman–Crippen LogP) is 0.952. The number of amides is 1. The Kier molecular flexibility index (Phi) is 6.32. The highest BCUT2D eigenvalue weighted by atomic mass is 16.5. The molecule has 26 heavy (non-hydrogen) atoms. The Morgan fingerprint density at radius 2 is 2.23 bits per heavy atom. The number of nitrogens with one attached hydrogen (secondary N) is 1. The van der Waals surface area contributed by atoms with Gasteiger partial charge in [-0.15, -0.1) is 0 Å². The van der Waals surface area contributed by atoms with E-state index >= 15 is 0 Å². The van der Waals surface area contributed by atoms with Crippen LogP contribution in [0.25, 0.3) is 0 Å². The average molecular weight is 364 g/mol. The third-order valence-electron chi connectivity index (χ3n) is 5.95. The lowest BCUT2D eigenvalue weighted by Crippen LogP contribution is -2.45. The number of aromatic nitrogens is 2. The second-order valence-corrected chi connectivity index (χ2v) is 7.84. The predicted molar refractivity (Wildman–Crippen MR) is 101 cm³/mol. The molecule has 0 aromatic carbocycles. The number of nitrogens with zero attached hydrogens (tertiary/aromatic N) is 4. The number of rotatable bonds is 7. The largest absolute Gasteiger partial charge is 0.383 e. The molecule has 2 aliphatic rings. The summed E-state index contributed by atoms with van der Waals surface area (Å²) in [6.07, 6.45) is 7.20. The molecule has 2 saturated heterocycles. The summed E-state index contributed by atoms with van der Waals surface area (Å²) in [5.74, 6) is 0.226. The van der Waals surface area contributed by atoms with Crippen LogP contribution in [0.2, 0.25) is 0 Å². The number of aryl methyl sites for hydroxylation is 1. The molecular formula is C19H33N5O2. The number of carbonyl (C=O) groups excluding carboxylic acids is 1. The molecule has 1 N–H and O–H groups in total. The molecule has 7 nitrogen and oxygen atoms in total. The maximum absolute atomic E-state index is 13.4. The van der Waals surface area contributed by atoms with Crippen molar-refractivity contribution in [3.05, 3.63) is 18.0 Å². The lowest BCUT2D eigenvalue weighted by atomic mass is 9.77. The number of ether oxygens (including phenoxy) is 1. The lowest BCUT2D eigenvalue weighted by molar-refractivity contribution is -0.137. The monoisotopic (exact) mass is 363 g/mol. The maximum Gasteiger partial charge on any atom is 0.240 e. The molecule has 2 fully saturated rings. The summed E-state index contributed by atoms with van der Waals surface area (Å²) in [5, 5.41) is 7.78. The fraction of sp³-hybridized carbons (Fsp3) is 0.789. The van der Waals surface area contributed by atoms with E-state index in [0.717, 1.165) is 38.2 Å². The topological polar surface area (TPSA) is 62.6 Å². The third-order valence-corrected chi connectivity index (χ3v) is 5.95. The number of likely N-dealkylation sites (N-methyl/N-ethyl adjacent to an activating group) is 1. The molecule has 0 unspecified atom stereocenters. The van der Waals surface area contributed by atoms with Crippen LogP contribution < -0.4 is 5.32 Å². The van der Waals surface area contributed by atoms with Crippen molar-refractivity contribution in [2.24, 2.45) is 5.41 Å². The van der Waals surface area contributed by atoms with Crippen LogP contribution in [-0.4, -0.2) is 78.5 Å². The Morgan fingerprint density at radius 3 is 2.88 bits per heavy atom. The number of methoxy groups -OCH3 is 1. The van der Waals surface area contributed by atoms with E-state index in [1.807, 2.05) is 22.0 Å². The SMILES string of the molecule is CCn1cc(CN(CCOC)C(=O)[C@H]2CC3(CCNCC3)CN2C)cn1. The highest BCUT2D eigenvalue weighted by Gasteiger charge is 2.46. The van der Waals surface area contributed by atoms with Gasteiger partial charge in [-0.1, -0.05) is 0 Å². The van der Waals surface area contributed by atoms with E-state index < -0.39 is 0 Å². The lowest BCUT2D eigenvalue weighted by Gasteiger charge is -2.33. The maximum atomic E-state index is 13.4. The number of likely N-dealkylation sites (tertiary alicyclic amines) is 1. The Hall–Kier alpha value is -1.44. The molecule has 0 aliphatic carbocycles. The molecule has 1 aromatic rings. The Labute approximate surface area is 156 Å². The molecule has 0 bridgehead atoms. The van der Waals surface area contributed by atoms with E-state index in [9.17, 15) is 4.79 Å². The van der Waals surface area contributed by atoms with Gasteiger partial charge in [-0.2, -0.15) is 5.10 Å². The van der Waals surface area contributed by atoms with Gasteiger partial charge in [-0.25, -0.2) is 0 Å². The quantitative estimate of drug-likeness (QED) is 0.782. The van der Waals surface area contributed by atoms with Gasteiger partial charge in [-0.3, -0.25) is 14.4 Å². The second kappa shape index (κ2) is 8.50. The van der Waals surface area contributed by atoms with Gasteiger partial charge in [0.1, 0.15) is 0 Å². The number of carbonyl (C=O) groups is 1. The molecule has 0 saturated carbocycles. The molecule has 1 spiro atoms. The molecule has 1 atom stereocenters. The molecule has 1 aromatic heterocycles. The summed E-state index contributed by atoms with van der Waals surface area (Å²) in [5.41, 5.74) is 1.38. The minimum atomic E-state index is -0.0221. The minimum Gasteiger partial charge on any atom is -0.383 e. The average Bonchev–Trinajstić information content (AvgIpc) is 3.23. The summed E-state index contributed by atoms with van der Waals surface area (Å²) in [6, 6.07) is -0.0221. The Balaban J connectivity index is 1.69. The van der Waals surface area contributed by atoms with Crippen molar-refractivity contribution in [3.8, 4) is 0 Å². The van der Waals surface area contributed by atoms with E-state index in [-0.39, 0.29) is 11.9 Å². The van der Waals surface area contributed by atoms with E-state index in [4.69, 9.17) is 4.74 Å². The van der Waals surface area contributed by atoms with Crippen molar-refractivity contribution in [2.45, 2.75) is 45.3 Å². The normalized spacial score (nSPS) is 22.8. The van der Waals surface area contributed by atoms with Crippen molar-refractivity contribution in [2.75, 3.05) is 46.9 Å². The first-order chi connectivity index (χ1) is 12.6. The van der Waals surface area contributed by atoms with Crippen LogP contribution in [0.4, 0.5) is 0 Å². The summed E-state index contributed by atoms with van der Waals surface area (Å²) in [7, 11) is 3.78. The molecule has 7 heteroatoms. The van der Waals surface area contributed by atoms with Crippen molar-refractivity contribution in [1.29, 1.82) is 0 Å². The van der Waals surface area contributed by atoms with Gasteiger partial charge in [0.05, 0.1) is 18.8 Å². The summed E-state index contributed by atoms with van der Waals surface area (Å²) >= 11 is 0. The van der Waals surface area contributed by atoms with E-state index in [0.29, 0.717) is 25.1 Å². The standard InChI is InChI=1S/C19H33N5O2/c1-4-24-14-16(12-21-24)13-23(9-10-26-3)18(25)17-11-19(15-22(17)2)5-7-20-8-6-19/h12,14,17,20H,4-11,13,15H2,1-3H3/t17-/m1/s1. The van der Waals surface area contributed by atoms with Crippen molar-refractivity contribution in [3.63, 3.8) is 0 Å². The van der Waals surface area contributed by atoms with Gasteiger partial charge in [0, 0.05) is 45.0 Å². The van der Waals surface area contributed by atoms with Gasteiger partial charge in [-0.05, 0) is 51.7 Å². The van der Waals surface area contributed by atoms with Crippen LogP contribution in [0.1, 0.15) is 31.7 Å². The summed E-state index contributed by atoms with van der Waals surface area (Å²) in [4.78, 5) is 17.6. The number of piperidine rings is 1. The highest BCUT2D eigenvalue weighted by molar-refractivity contribution is 5.82.